The Balaban J connectivity index is 1.85. The quantitative estimate of drug-likeness (QED) is 0.288. The number of alkyl halides is 2. The van der Waals surface area contributed by atoms with Gasteiger partial charge in [-0.05, 0) is 81.3 Å². The lowest BCUT2D eigenvalue weighted by Crippen LogP contribution is -2.31. The first-order valence-electron chi connectivity index (χ1n) is 11.9. The smallest absolute Gasteiger partial charge is 0.315 e. The standard InChI is InChI=1S/C28H26F3N5O3/c1-14-5-10-19(34-23(14)28(3,4)26(37)38)13-39-25-21(17-11-15(2)33-20(12-17)24(30)31)22(35-27(32)36-25)16-6-8-18(29)9-7-16/h5-12,24H,13H2,1-4H3,(H,37,38)(H2,32,35,36). The molecule has 0 aliphatic heterocycles. The van der Waals surface area contributed by atoms with Crippen LogP contribution in [0.25, 0.3) is 22.4 Å². The Morgan fingerprint density at radius 3 is 2.33 bits per heavy atom. The second-order valence-electron chi connectivity index (χ2n) is 9.53. The molecule has 0 aliphatic rings. The number of aliphatic carboxylic acids is 1. The van der Waals surface area contributed by atoms with Gasteiger partial charge in [0.1, 0.15) is 23.5 Å². The number of carboxylic acids is 1. The van der Waals surface area contributed by atoms with E-state index in [1.54, 1.807) is 45.9 Å². The van der Waals surface area contributed by atoms with E-state index in [9.17, 15) is 23.1 Å². The normalized spacial score (nSPS) is 11.6. The number of ether oxygens (including phenoxy) is 1. The molecule has 202 valence electrons. The van der Waals surface area contributed by atoms with Crippen molar-refractivity contribution in [2.45, 2.75) is 46.1 Å². The summed E-state index contributed by atoms with van der Waals surface area (Å²) in [7, 11) is 0. The van der Waals surface area contributed by atoms with Gasteiger partial charge in [-0.3, -0.25) is 14.8 Å². The Kier molecular flexibility index (Phi) is 7.53. The average Bonchev–Trinajstić information content (AvgIpc) is 2.87. The van der Waals surface area contributed by atoms with Gasteiger partial charge >= 0.3 is 5.97 Å². The number of halogens is 3. The fourth-order valence-electron chi connectivity index (χ4n) is 4.11. The van der Waals surface area contributed by atoms with Crippen molar-refractivity contribution in [2.24, 2.45) is 0 Å². The summed E-state index contributed by atoms with van der Waals surface area (Å²) in [5.41, 5.74) is 7.37. The van der Waals surface area contributed by atoms with Gasteiger partial charge in [0.15, 0.2) is 0 Å². The zero-order valence-electron chi connectivity index (χ0n) is 21.7. The number of pyridine rings is 2. The SMILES string of the molecule is Cc1cc(-c2c(OCc3ccc(C)c(C(C)(C)C(=O)O)n3)nc(N)nc2-c2ccc(F)cc2)cc(C(F)F)n1. The van der Waals surface area contributed by atoms with E-state index in [1.807, 2.05) is 0 Å². The molecule has 39 heavy (non-hydrogen) atoms. The molecule has 3 N–H and O–H groups in total. The number of benzene rings is 1. The highest BCUT2D eigenvalue weighted by Crippen LogP contribution is 2.39. The third kappa shape index (κ3) is 5.82. The number of aromatic nitrogens is 4. The van der Waals surface area contributed by atoms with Crippen LogP contribution in [0, 0.1) is 19.7 Å². The molecule has 3 aromatic heterocycles. The van der Waals surface area contributed by atoms with Crippen LogP contribution in [0.4, 0.5) is 19.1 Å². The number of nitrogens with zero attached hydrogens (tertiary/aromatic N) is 4. The van der Waals surface area contributed by atoms with Crippen LogP contribution < -0.4 is 10.5 Å². The topological polar surface area (TPSA) is 124 Å². The zero-order valence-corrected chi connectivity index (χ0v) is 21.7. The summed E-state index contributed by atoms with van der Waals surface area (Å²) >= 11 is 0. The van der Waals surface area contributed by atoms with Gasteiger partial charge < -0.3 is 15.6 Å². The number of hydrogen-bond acceptors (Lipinski definition) is 7. The summed E-state index contributed by atoms with van der Waals surface area (Å²) in [6.45, 7) is 6.32. The number of hydrogen-bond donors (Lipinski definition) is 2. The largest absolute Gasteiger partial charge is 0.481 e. The molecule has 8 nitrogen and oxygen atoms in total. The van der Waals surface area contributed by atoms with Crippen molar-refractivity contribution in [3.05, 3.63) is 82.7 Å². The van der Waals surface area contributed by atoms with Crippen LogP contribution in [-0.4, -0.2) is 31.0 Å². The second kappa shape index (κ2) is 10.7. The summed E-state index contributed by atoms with van der Waals surface area (Å²) < 4.78 is 47.0. The van der Waals surface area contributed by atoms with Crippen LogP contribution >= 0.6 is 0 Å². The average molecular weight is 538 g/mol. The van der Waals surface area contributed by atoms with Gasteiger partial charge in [-0.2, -0.15) is 4.98 Å². The van der Waals surface area contributed by atoms with Crippen molar-refractivity contribution < 1.29 is 27.8 Å². The lowest BCUT2D eigenvalue weighted by atomic mass is 9.86. The predicted octanol–water partition coefficient (Wildman–Crippen LogP) is 5.82. The molecule has 0 spiro atoms. The van der Waals surface area contributed by atoms with Crippen LogP contribution in [-0.2, 0) is 16.8 Å². The Morgan fingerprint density at radius 1 is 1.00 bits per heavy atom. The van der Waals surface area contributed by atoms with Crippen molar-refractivity contribution in [1.82, 2.24) is 19.9 Å². The highest BCUT2D eigenvalue weighted by Gasteiger charge is 2.33. The maximum atomic E-state index is 13.7. The summed E-state index contributed by atoms with van der Waals surface area (Å²) in [4.78, 5) is 28.8. The Morgan fingerprint density at radius 2 is 1.69 bits per heavy atom. The van der Waals surface area contributed by atoms with E-state index in [2.05, 4.69) is 19.9 Å². The number of nitrogens with two attached hydrogens (primary N) is 1. The Bertz CT molecular complexity index is 1540. The highest BCUT2D eigenvalue weighted by molar-refractivity contribution is 5.85. The molecule has 1 aromatic carbocycles. The van der Waals surface area contributed by atoms with Gasteiger partial charge in [-0.25, -0.2) is 18.2 Å². The summed E-state index contributed by atoms with van der Waals surface area (Å²) in [5, 5.41) is 9.67. The van der Waals surface area contributed by atoms with Crippen LogP contribution in [0.2, 0.25) is 0 Å². The van der Waals surface area contributed by atoms with Gasteiger partial charge in [-0.1, -0.05) is 6.07 Å². The molecule has 0 unspecified atom stereocenters. The number of rotatable bonds is 8. The summed E-state index contributed by atoms with van der Waals surface area (Å²) in [5.74, 6) is -1.68. The van der Waals surface area contributed by atoms with E-state index in [0.29, 0.717) is 33.8 Å². The van der Waals surface area contributed by atoms with Gasteiger partial charge in [0.05, 0.1) is 22.6 Å². The van der Waals surface area contributed by atoms with Gasteiger partial charge in [0.2, 0.25) is 11.8 Å². The van der Waals surface area contributed by atoms with E-state index in [4.69, 9.17) is 10.5 Å². The van der Waals surface area contributed by atoms with E-state index < -0.39 is 29.3 Å². The number of carboxylic acid groups (broad SMARTS) is 1. The first kappa shape index (κ1) is 27.5. The minimum absolute atomic E-state index is 0.0194. The Labute approximate surface area is 222 Å². The fourth-order valence-corrected chi connectivity index (χ4v) is 4.11. The van der Waals surface area contributed by atoms with Crippen molar-refractivity contribution in [2.75, 3.05) is 5.73 Å². The molecule has 0 bridgehead atoms. The van der Waals surface area contributed by atoms with E-state index >= 15 is 0 Å². The maximum Gasteiger partial charge on any atom is 0.315 e. The van der Waals surface area contributed by atoms with E-state index in [-0.39, 0.29) is 29.7 Å². The molecule has 0 amide bonds. The Hall–Kier alpha value is -4.54. The maximum absolute atomic E-state index is 13.7. The van der Waals surface area contributed by atoms with Gasteiger partial charge in [0, 0.05) is 11.3 Å². The minimum atomic E-state index is -2.83. The first-order chi connectivity index (χ1) is 18.4. The molecule has 4 aromatic rings. The van der Waals surface area contributed by atoms with E-state index in [0.717, 1.165) is 0 Å². The molecule has 0 saturated carbocycles. The summed E-state index contributed by atoms with van der Waals surface area (Å²) in [6, 6.07) is 11.7. The van der Waals surface area contributed by atoms with Crippen molar-refractivity contribution >= 4 is 11.9 Å². The third-order valence-electron chi connectivity index (χ3n) is 6.13. The number of anilines is 1. The fraction of sp³-hybridized carbons (Fsp3) is 0.250. The summed E-state index contributed by atoms with van der Waals surface area (Å²) in [6.07, 6.45) is -2.83. The number of aryl methyl sites for hydroxylation is 2. The lowest BCUT2D eigenvalue weighted by molar-refractivity contribution is -0.142. The third-order valence-corrected chi connectivity index (χ3v) is 6.13. The number of carbonyl (C=O) groups is 1. The van der Waals surface area contributed by atoms with Crippen LogP contribution in [0.3, 0.4) is 0 Å². The molecule has 0 atom stereocenters. The molecular weight excluding hydrogens is 511 g/mol. The molecule has 0 aliphatic carbocycles. The van der Waals surface area contributed by atoms with Gasteiger partial charge in [-0.15, -0.1) is 0 Å². The van der Waals surface area contributed by atoms with E-state index in [1.165, 1.54) is 30.3 Å². The molecule has 0 saturated heterocycles. The van der Waals surface area contributed by atoms with Crippen molar-refractivity contribution in [3.63, 3.8) is 0 Å². The van der Waals surface area contributed by atoms with Crippen LogP contribution in [0.5, 0.6) is 5.88 Å². The van der Waals surface area contributed by atoms with Gasteiger partial charge in [0.25, 0.3) is 6.43 Å². The molecule has 4 rings (SSSR count). The van der Waals surface area contributed by atoms with Crippen molar-refractivity contribution in [1.29, 1.82) is 0 Å². The monoisotopic (exact) mass is 537 g/mol. The second-order valence-corrected chi connectivity index (χ2v) is 9.53. The van der Waals surface area contributed by atoms with Crippen LogP contribution in [0.1, 0.15) is 48.6 Å². The molecule has 11 heteroatoms. The first-order valence-corrected chi connectivity index (χ1v) is 11.9. The molecule has 0 radical (unpaired) electrons. The lowest BCUT2D eigenvalue weighted by Gasteiger charge is -2.21. The molecular formula is C28H26F3N5O3. The predicted molar refractivity (Wildman–Crippen MR) is 139 cm³/mol. The van der Waals surface area contributed by atoms with Crippen LogP contribution in [0.15, 0.2) is 48.5 Å². The molecule has 0 fully saturated rings. The van der Waals surface area contributed by atoms with Crippen molar-refractivity contribution in [3.8, 4) is 28.3 Å². The molecule has 3 heterocycles. The zero-order chi connectivity index (χ0) is 28.5. The highest BCUT2D eigenvalue weighted by atomic mass is 19.3. The number of nitrogen functional groups attached to an aromatic ring is 1. The minimum Gasteiger partial charge on any atom is -0.481 e.